The third-order valence-corrected chi connectivity index (χ3v) is 4.50. The molecule has 0 saturated carbocycles. The second kappa shape index (κ2) is 9.82. The lowest BCUT2D eigenvalue weighted by atomic mass is 10.1. The van der Waals surface area contributed by atoms with Crippen molar-refractivity contribution >= 4 is 17.7 Å². The largest absolute Gasteiger partial charge is 0.380 e. The number of hydrogen-bond acceptors (Lipinski definition) is 5. The first-order chi connectivity index (χ1) is 12.1. The van der Waals surface area contributed by atoms with Crippen LogP contribution in [0.5, 0.6) is 0 Å². The van der Waals surface area contributed by atoms with Crippen molar-refractivity contribution in [3.05, 3.63) is 58.8 Å². The fraction of sp³-hybridized carbons (Fsp3) is 0.316. The zero-order valence-electron chi connectivity index (χ0n) is 14.4. The highest BCUT2D eigenvalue weighted by molar-refractivity contribution is 8.00. The van der Waals surface area contributed by atoms with Crippen LogP contribution in [0.1, 0.15) is 22.4 Å². The minimum atomic E-state index is -0.0681. The summed E-state index contributed by atoms with van der Waals surface area (Å²) in [5.74, 6) is 0.160. The molecule has 1 heterocycles. The van der Waals surface area contributed by atoms with E-state index in [9.17, 15) is 10.1 Å². The zero-order valence-corrected chi connectivity index (χ0v) is 15.2. The summed E-state index contributed by atoms with van der Waals surface area (Å²) in [6.45, 7) is 2.80. The lowest BCUT2D eigenvalue weighted by Crippen LogP contribution is -2.27. The number of nitriles is 1. The van der Waals surface area contributed by atoms with Crippen LogP contribution in [0.3, 0.4) is 0 Å². The van der Waals surface area contributed by atoms with E-state index >= 15 is 0 Å². The number of aryl methyl sites for hydroxylation is 1. The predicted octanol–water partition coefficient (Wildman–Crippen LogP) is 2.86. The van der Waals surface area contributed by atoms with E-state index in [0.29, 0.717) is 23.7 Å². The summed E-state index contributed by atoms with van der Waals surface area (Å²) in [5, 5.41) is 12.9. The molecule has 2 rings (SSSR count). The van der Waals surface area contributed by atoms with E-state index in [1.807, 2.05) is 43.3 Å². The summed E-state index contributed by atoms with van der Waals surface area (Å²) in [4.78, 5) is 16.4. The van der Waals surface area contributed by atoms with E-state index in [1.165, 1.54) is 17.3 Å². The summed E-state index contributed by atoms with van der Waals surface area (Å²) in [6, 6.07) is 14.0. The number of amides is 1. The fourth-order valence-corrected chi connectivity index (χ4v) is 3.28. The van der Waals surface area contributed by atoms with Gasteiger partial charge in [0, 0.05) is 19.3 Å². The van der Waals surface area contributed by atoms with Gasteiger partial charge in [-0.2, -0.15) is 5.26 Å². The number of nitrogens with zero attached hydrogens (tertiary/aromatic N) is 2. The van der Waals surface area contributed by atoms with Gasteiger partial charge in [-0.05, 0) is 30.5 Å². The van der Waals surface area contributed by atoms with Crippen molar-refractivity contribution in [1.29, 1.82) is 5.26 Å². The van der Waals surface area contributed by atoms with Crippen LogP contribution < -0.4 is 5.32 Å². The van der Waals surface area contributed by atoms with Gasteiger partial charge in [-0.15, -0.1) is 0 Å². The first kappa shape index (κ1) is 19.0. The van der Waals surface area contributed by atoms with Crippen molar-refractivity contribution in [2.75, 3.05) is 19.4 Å². The number of hydrogen-bond donors (Lipinski definition) is 1. The van der Waals surface area contributed by atoms with E-state index in [0.717, 1.165) is 17.7 Å². The Bertz CT molecular complexity index is 757. The molecule has 25 heavy (non-hydrogen) atoms. The van der Waals surface area contributed by atoms with Gasteiger partial charge >= 0.3 is 0 Å². The molecule has 0 saturated heterocycles. The van der Waals surface area contributed by atoms with Crippen LogP contribution in [-0.2, 0) is 22.6 Å². The number of benzene rings is 1. The Hall–Kier alpha value is -2.36. The average molecular weight is 355 g/mol. The predicted molar refractivity (Wildman–Crippen MR) is 98.3 cm³/mol. The number of aromatic nitrogens is 1. The van der Waals surface area contributed by atoms with Crippen LogP contribution in [0.4, 0.5) is 0 Å². The maximum atomic E-state index is 12.0. The average Bonchev–Trinajstić information content (AvgIpc) is 2.61. The normalized spacial score (nSPS) is 10.3. The molecular weight excluding hydrogens is 334 g/mol. The van der Waals surface area contributed by atoms with Gasteiger partial charge in [-0.1, -0.05) is 42.1 Å². The van der Waals surface area contributed by atoms with Crippen molar-refractivity contribution in [3.63, 3.8) is 0 Å². The number of thioether (sulfide) groups is 1. The molecule has 130 valence electrons. The first-order valence-corrected chi connectivity index (χ1v) is 8.95. The van der Waals surface area contributed by atoms with Crippen LogP contribution in [0.25, 0.3) is 0 Å². The van der Waals surface area contributed by atoms with E-state index in [1.54, 1.807) is 7.11 Å². The number of carbonyl (C=O) groups is 1. The molecule has 5 nitrogen and oxygen atoms in total. The molecule has 1 N–H and O–H groups in total. The minimum absolute atomic E-state index is 0.0681. The molecule has 6 heteroatoms. The highest BCUT2D eigenvalue weighted by Crippen LogP contribution is 2.24. The second-order valence-corrected chi connectivity index (χ2v) is 6.49. The second-order valence-electron chi connectivity index (χ2n) is 5.52. The van der Waals surface area contributed by atoms with Gasteiger partial charge in [-0.3, -0.25) is 4.79 Å². The highest BCUT2D eigenvalue weighted by atomic mass is 32.2. The van der Waals surface area contributed by atoms with Gasteiger partial charge in [0.1, 0.15) is 11.1 Å². The molecule has 1 aromatic carbocycles. The summed E-state index contributed by atoms with van der Waals surface area (Å²) in [7, 11) is 1.59. The summed E-state index contributed by atoms with van der Waals surface area (Å²) >= 11 is 1.28. The number of rotatable bonds is 8. The Morgan fingerprint density at radius 2 is 2.12 bits per heavy atom. The number of pyridine rings is 1. The van der Waals surface area contributed by atoms with Gasteiger partial charge in [-0.25, -0.2) is 4.98 Å². The standard InChI is InChI=1S/C19H21N3O2S/c1-14-10-16(12-24-2)17(11-20)19(22-14)25-13-18(23)21-9-8-15-6-4-3-5-7-15/h3-7,10H,8-9,12-13H2,1-2H3,(H,21,23). The first-order valence-electron chi connectivity index (χ1n) is 7.97. The number of nitrogens with one attached hydrogen (secondary N) is 1. The number of ether oxygens (including phenoxy) is 1. The molecule has 0 bridgehead atoms. The van der Waals surface area contributed by atoms with Crippen molar-refractivity contribution in [2.45, 2.75) is 25.0 Å². The van der Waals surface area contributed by atoms with E-state index in [2.05, 4.69) is 16.4 Å². The summed E-state index contributed by atoms with van der Waals surface area (Å²) < 4.78 is 5.13. The zero-order chi connectivity index (χ0) is 18.1. The Kier molecular flexibility index (Phi) is 7.45. The Morgan fingerprint density at radius 1 is 1.36 bits per heavy atom. The lowest BCUT2D eigenvalue weighted by Gasteiger charge is -2.10. The molecular formula is C19H21N3O2S. The molecule has 2 aromatic rings. The molecule has 0 aliphatic heterocycles. The quantitative estimate of drug-likeness (QED) is 0.737. The van der Waals surface area contributed by atoms with Gasteiger partial charge in [0.05, 0.1) is 17.9 Å². The van der Waals surface area contributed by atoms with Gasteiger partial charge in [0.15, 0.2) is 0 Å². The van der Waals surface area contributed by atoms with Gasteiger partial charge < -0.3 is 10.1 Å². The lowest BCUT2D eigenvalue weighted by molar-refractivity contribution is -0.118. The number of methoxy groups -OCH3 is 1. The van der Waals surface area contributed by atoms with Crippen molar-refractivity contribution in [2.24, 2.45) is 0 Å². The Labute approximate surface area is 152 Å². The molecule has 1 amide bonds. The highest BCUT2D eigenvalue weighted by Gasteiger charge is 2.13. The minimum Gasteiger partial charge on any atom is -0.380 e. The van der Waals surface area contributed by atoms with Gasteiger partial charge in [0.2, 0.25) is 5.91 Å². The maximum absolute atomic E-state index is 12.0. The summed E-state index contributed by atoms with van der Waals surface area (Å²) in [5.41, 5.74) is 3.27. The molecule has 0 atom stereocenters. The Morgan fingerprint density at radius 3 is 2.80 bits per heavy atom. The molecule has 0 unspecified atom stereocenters. The number of carbonyl (C=O) groups excluding carboxylic acids is 1. The maximum Gasteiger partial charge on any atom is 0.230 e. The van der Waals surface area contributed by atoms with Crippen LogP contribution in [0.15, 0.2) is 41.4 Å². The molecule has 1 aromatic heterocycles. The van der Waals surface area contributed by atoms with Crippen molar-refractivity contribution < 1.29 is 9.53 Å². The third kappa shape index (κ3) is 5.89. The molecule has 0 aliphatic carbocycles. The SMILES string of the molecule is COCc1cc(C)nc(SCC(=O)NCCc2ccccc2)c1C#N. The van der Waals surface area contributed by atoms with Gasteiger partial charge in [0.25, 0.3) is 0 Å². The third-order valence-electron chi connectivity index (χ3n) is 3.53. The van der Waals surface area contributed by atoms with Crippen LogP contribution in [0.2, 0.25) is 0 Å². The monoisotopic (exact) mass is 355 g/mol. The Balaban J connectivity index is 1.90. The molecule has 0 aliphatic rings. The van der Waals surface area contributed by atoms with Crippen LogP contribution in [-0.4, -0.2) is 30.3 Å². The topological polar surface area (TPSA) is 75.0 Å². The van der Waals surface area contributed by atoms with E-state index in [-0.39, 0.29) is 11.7 Å². The molecule has 0 spiro atoms. The van der Waals surface area contributed by atoms with Crippen molar-refractivity contribution in [3.8, 4) is 6.07 Å². The fourth-order valence-electron chi connectivity index (χ4n) is 2.38. The van der Waals surface area contributed by atoms with Crippen LogP contribution >= 0.6 is 11.8 Å². The van der Waals surface area contributed by atoms with Crippen molar-refractivity contribution in [1.82, 2.24) is 10.3 Å². The molecule has 0 radical (unpaired) electrons. The smallest absolute Gasteiger partial charge is 0.230 e. The van der Waals surface area contributed by atoms with E-state index in [4.69, 9.17) is 4.74 Å². The molecule has 0 fully saturated rings. The van der Waals surface area contributed by atoms with Crippen LogP contribution in [0, 0.1) is 18.3 Å². The van der Waals surface area contributed by atoms with E-state index < -0.39 is 0 Å². The summed E-state index contributed by atoms with van der Waals surface area (Å²) in [6.07, 6.45) is 0.793.